The van der Waals surface area contributed by atoms with Crippen molar-refractivity contribution in [3.63, 3.8) is 0 Å². The van der Waals surface area contributed by atoms with Crippen LogP contribution < -0.4 is 5.32 Å². The molecule has 0 saturated carbocycles. The zero-order valence-electron chi connectivity index (χ0n) is 27.3. The molecule has 0 aromatic heterocycles. The number of unbranched alkanes of at least 4 members (excludes halogenated alkanes) is 13. The number of hydrogen-bond acceptors (Lipinski definition) is 5. The number of carbonyl (C=O) groups is 2. The summed E-state index contributed by atoms with van der Waals surface area (Å²) in [7, 11) is 0. The lowest BCUT2D eigenvalue weighted by molar-refractivity contribution is -0.123. The summed E-state index contributed by atoms with van der Waals surface area (Å²) in [6.07, 6.45) is 33.8. The first kappa shape index (κ1) is 39.0. The minimum Gasteiger partial charge on any atom is -0.394 e. The van der Waals surface area contributed by atoms with Crippen molar-refractivity contribution in [1.82, 2.24) is 5.32 Å². The Morgan fingerprint density at radius 3 is 2.14 bits per heavy atom. The Balaban J connectivity index is 2.21. The van der Waals surface area contributed by atoms with Crippen molar-refractivity contribution in [3.05, 3.63) is 48.6 Å². The summed E-state index contributed by atoms with van der Waals surface area (Å²) in [5.41, 5.74) is 0. The topological polar surface area (TPSA) is 107 Å². The predicted molar refractivity (Wildman–Crippen MR) is 179 cm³/mol. The van der Waals surface area contributed by atoms with Crippen LogP contribution in [-0.2, 0) is 9.59 Å². The number of amides is 1. The molecule has 43 heavy (non-hydrogen) atoms. The van der Waals surface area contributed by atoms with Crippen molar-refractivity contribution in [3.8, 4) is 0 Å². The van der Waals surface area contributed by atoms with E-state index in [1.54, 1.807) is 18.2 Å². The Bertz CT molecular complexity index is 833. The van der Waals surface area contributed by atoms with Gasteiger partial charge in [-0.3, -0.25) is 9.59 Å². The normalized spacial score (nSPS) is 19.2. The summed E-state index contributed by atoms with van der Waals surface area (Å²) in [6, 6.07) is -0.700. The maximum Gasteiger partial charge on any atom is 0.220 e. The second-order valence-corrected chi connectivity index (χ2v) is 12.2. The second kappa shape index (κ2) is 26.4. The molecule has 1 aliphatic carbocycles. The SMILES string of the molecule is CCCCCCCCCCCC/C=C/[C@@H](O)[C@H](CO)NC(=O)CCC/C=C\C[C@H]1C=CC(=O)[C@@H]1/C=C/[C@@H](O)CCCCC. The highest BCUT2D eigenvalue weighted by Crippen LogP contribution is 2.27. The molecule has 0 bridgehead atoms. The van der Waals surface area contributed by atoms with Gasteiger partial charge in [-0.15, -0.1) is 0 Å². The van der Waals surface area contributed by atoms with E-state index >= 15 is 0 Å². The lowest BCUT2D eigenvalue weighted by atomic mass is 9.90. The van der Waals surface area contributed by atoms with E-state index in [1.807, 2.05) is 24.3 Å². The molecule has 6 nitrogen and oxygen atoms in total. The Hall–Kier alpha value is -2.02. The van der Waals surface area contributed by atoms with Crippen molar-refractivity contribution in [2.24, 2.45) is 11.8 Å². The van der Waals surface area contributed by atoms with Crippen LogP contribution >= 0.6 is 0 Å². The van der Waals surface area contributed by atoms with Crippen LogP contribution in [0.1, 0.15) is 136 Å². The summed E-state index contributed by atoms with van der Waals surface area (Å²) in [4.78, 5) is 24.6. The van der Waals surface area contributed by atoms with Gasteiger partial charge in [-0.25, -0.2) is 0 Å². The van der Waals surface area contributed by atoms with Crippen LogP contribution in [0.25, 0.3) is 0 Å². The van der Waals surface area contributed by atoms with Crippen LogP contribution in [0.4, 0.5) is 0 Å². The third kappa shape index (κ3) is 19.8. The van der Waals surface area contributed by atoms with E-state index in [-0.39, 0.29) is 30.1 Å². The molecule has 0 aromatic rings. The average Bonchev–Trinajstić information content (AvgIpc) is 3.35. The molecule has 0 fully saturated rings. The van der Waals surface area contributed by atoms with Gasteiger partial charge in [-0.1, -0.05) is 133 Å². The van der Waals surface area contributed by atoms with Gasteiger partial charge in [-0.2, -0.15) is 0 Å². The Morgan fingerprint density at radius 1 is 0.837 bits per heavy atom. The number of allylic oxidation sites excluding steroid dienone is 6. The number of rotatable bonds is 27. The maximum atomic E-state index is 12.4. The molecule has 5 atom stereocenters. The standard InChI is InChI=1S/C37H63NO5/c1-3-5-7-8-9-10-11-12-13-14-15-20-24-36(42)34(30-39)38-37(43)25-21-17-16-19-22-31-26-29-35(41)33(31)28-27-32(40)23-18-6-4-2/h16,19-20,24,26-29,31-34,36,39-40,42H,3-15,17-18,21-23,25,30H2,1-2H3,(H,38,43)/b19-16-,24-20+,28-27+/t31-,32-,33+,34-,36+/m0/s1. The number of carbonyl (C=O) groups excluding carboxylic acids is 2. The second-order valence-electron chi connectivity index (χ2n) is 12.2. The van der Waals surface area contributed by atoms with Crippen molar-refractivity contribution in [1.29, 1.82) is 0 Å². The number of nitrogens with one attached hydrogen (secondary N) is 1. The van der Waals surface area contributed by atoms with Gasteiger partial charge in [0, 0.05) is 12.3 Å². The Morgan fingerprint density at radius 2 is 1.47 bits per heavy atom. The fourth-order valence-corrected chi connectivity index (χ4v) is 5.46. The Labute approximate surface area is 262 Å². The molecule has 0 radical (unpaired) electrons. The van der Waals surface area contributed by atoms with Crippen LogP contribution in [0, 0.1) is 11.8 Å². The van der Waals surface area contributed by atoms with Crippen molar-refractivity contribution in [2.45, 2.75) is 154 Å². The van der Waals surface area contributed by atoms with Crippen LogP contribution in [0.2, 0.25) is 0 Å². The summed E-state index contributed by atoms with van der Waals surface area (Å²) in [6.45, 7) is 4.07. The number of aliphatic hydroxyl groups excluding tert-OH is 3. The molecule has 0 saturated heterocycles. The monoisotopic (exact) mass is 601 g/mol. The minimum atomic E-state index is -0.904. The van der Waals surface area contributed by atoms with Crippen molar-refractivity contribution < 1.29 is 24.9 Å². The van der Waals surface area contributed by atoms with E-state index in [0.29, 0.717) is 12.8 Å². The molecule has 0 heterocycles. The number of aliphatic hydroxyl groups is 3. The lowest BCUT2D eigenvalue weighted by Crippen LogP contribution is -2.45. The summed E-state index contributed by atoms with van der Waals surface area (Å²) in [5, 5.41) is 33.0. The van der Waals surface area contributed by atoms with E-state index in [9.17, 15) is 24.9 Å². The van der Waals surface area contributed by atoms with E-state index in [4.69, 9.17) is 0 Å². The van der Waals surface area contributed by atoms with Crippen molar-refractivity contribution >= 4 is 11.7 Å². The molecule has 1 aliphatic rings. The molecule has 1 rings (SSSR count). The van der Waals surface area contributed by atoms with Gasteiger partial charge >= 0.3 is 0 Å². The van der Waals surface area contributed by atoms with E-state index in [0.717, 1.165) is 51.4 Å². The quantitative estimate of drug-likeness (QED) is 0.0571. The zero-order chi connectivity index (χ0) is 31.5. The van der Waals surface area contributed by atoms with Gasteiger partial charge in [0.2, 0.25) is 5.91 Å². The molecule has 6 heteroatoms. The predicted octanol–water partition coefficient (Wildman–Crippen LogP) is 7.68. The highest BCUT2D eigenvalue weighted by atomic mass is 16.3. The fraction of sp³-hybridized carbons (Fsp3) is 0.730. The van der Waals surface area contributed by atoms with E-state index in [1.165, 1.54) is 57.8 Å². The lowest BCUT2D eigenvalue weighted by Gasteiger charge is -2.19. The van der Waals surface area contributed by atoms with Crippen LogP contribution in [0.5, 0.6) is 0 Å². The summed E-state index contributed by atoms with van der Waals surface area (Å²) < 4.78 is 0. The van der Waals surface area contributed by atoms with Gasteiger partial charge in [0.15, 0.2) is 5.78 Å². The first-order chi connectivity index (χ1) is 20.9. The molecule has 0 spiro atoms. The average molecular weight is 602 g/mol. The third-order valence-corrected chi connectivity index (χ3v) is 8.30. The highest BCUT2D eigenvalue weighted by Gasteiger charge is 2.27. The molecule has 0 aromatic carbocycles. The van der Waals surface area contributed by atoms with Crippen LogP contribution in [0.15, 0.2) is 48.6 Å². The molecule has 1 amide bonds. The Kier molecular flexibility index (Phi) is 23.9. The molecule has 4 N–H and O–H groups in total. The minimum absolute atomic E-state index is 0.0846. The highest BCUT2D eigenvalue weighted by molar-refractivity contribution is 5.95. The molecule has 0 unspecified atom stereocenters. The van der Waals surface area contributed by atoms with E-state index in [2.05, 4.69) is 25.2 Å². The van der Waals surface area contributed by atoms with Gasteiger partial charge in [0.1, 0.15) is 0 Å². The first-order valence-electron chi connectivity index (χ1n) is 17.4. The zero-order valence-corrected chi connectivity index (χ0v) is 27.3. The molecule has 0 aliphatic heterocycles. The van der Waals surface area contributed by atoms with Crippen molar-refractivity contribution in [2.75, 3.05) is 6.61 Å². The molecular formula is C37H63NO5. The van der Waals surface area contributed by atoms with Crippen LogP contribution in [-0.4, -0.2) is 51.9 Å². The van der Waals surface area contributed by atoms with Gasteiger partial charge in [0.05, 0.1) is 24.9 Å². The maximum absolute atomic E-state index is 12.4. The smallest absolute Gasteiger partial charge is 0.220 e. The number of hydrogen-bond donors (Lipinski definition) is 4. The van der Waals surface area contributed by atoms with Gasteiger partial charge in [0.25, 0.3) is 0 Å². The number of ketones is 1. The summed E-state index contributed by atoms with van der Waals surface area (Å²) in [5.74, 6) is -0.221. The van der Waals surface area contributed by atoms with Gasteiger partial charge < -0.3 is 20.6 Å². The molecular weight excluding hydrogens is 538 g/mol. The third-order valence-electron chi connectivity index (χ3n) is 8.30. The fourth-order valence-electron chi connectivity index (χ4n) is 5.46. The van der Waals surface area contributed by atoms with E-state index < -0.39 is 18.2 Å². The van der Waals surface area contributed by atoms with Gasteiger partial charge in [-0.05, 0) is 50.5 Å². The first-order valence-corrected chi connectivity index (χ1v) is 17.4. The molecule has 246 valence electrons. The summed E-state index contributed by atoms with van der Waals surface area (Å²) >= 11 is 0. The largest absolute Gasteiger partial charge is 0.394 e. The van der Waals surface area contributed by atoms with Crippen LogP contribution in [0.3, 0.4) is 0 Å².